The fourth-order valence-electron chi connectivity index (χ4n) is 5.17. The van der Waals surface area contributed by atoms with Crippen molar-refractivity contribution in [2.45, 2.75) is 26.3 Å². The number of carbonyl (C=O) groups excluding carboxylic acids is 1. The molecule has 1 fully saturated rings. The number of rotatable bonds is 6. The lowest BCUT2D eigenvalue weighted by atomic mass is 10.1. The van der Waals surface area contributed by atoms with Gasteiger partial charge in [0.1, 0.15) is 0 Å². The topological polar surface area (TPSA) is 78.3 Å². The molecular weight excluding hydrogens is 486 g/mol. The van der Waals surface area contributed by atoms with Gasteiger partial charge in [0.05, 0.1) is 33.8 Å². The molecule has 1 amide bonds. The first-order chi connectivity index (χ1) is 17.7. The van der Waals surface area contributed by atoms with Gasteiger partial charge >= 0.3 is 0 Å². The highest BCUT2D eigenvalue weighted by atomic mass is 35.5. The van der Waals surface area contributed by atoms with Crippen LogP contribution in [0.5, 0.6) is 0 Å². The van der Waals surface area contributed by atoms with E-state index in [1.54, 1.807) is 6.20 Å². The largest absolute Gasteiger partial charge is 0.368 e. The Kier molecular flexibility index (Phi) is 6.79. The fraction of sp³-hybridized carbons (Fsp3) is 0.321. The third-order valence-corrected chi connectivity index (χ3v) is 7.28. The summed E-state index contributed by atoms with van der Waals surface area (Å²) in [5.74, 6) is 0.317. The van der Waals surface area contributed by atoms with Gasteiger partial charge in [-0.05, 0) is 51.2 Å². The number of amides is 1. The second-order valence-corrected chi connectivity index (χ2v) is 10.3. The first-order valence-electron chi connectivity index (χ1n) is 12.4. The lowest BCUT2D eigenvalue weighted by Gasteiger charge is -2.24. The maximum atomic E-state index is 12.0. The molecule has 0 unspecified atom stereocenters. The summed E-state index contributed by atoms with van der Waals surface area (Å²) in [6.07, 6.45) is 4.76. The van der Waals surface area contributed by atoms with Crippen LogP contribution < -0.4 is 15.5 Å². The van der Waals surface area contributed by atoms with Crippen LogP contribution in [-0.2, 0) is 11.8 Å². The fourth-order valence-corrected chi connectivity index (χ4v) is 5.36. The van der Waals surface area contributed by atoms with Gasteiger partial charge in [-0.25, -0.2) is 9.97 Å². The molecule has 1 saturated heterocycles. The molecule has 0 aliphatic carbocycles. The molecule has 1 atom stereocenters. The Morgan fingerprint density at radius 1 is 1.22 bits per heavy atom. The summed E-state index contributed by atoms with van der Waals surface area (Å²) in [5.41, 5.74) is 6.50. The number of para-hydroxylation sites is 1. The SMILES string of the molecule is CC(=O)Nc1cc(Nc2ncc(Cl)c(-c3cn(C)c4c(C)cccc34)n2)ccc1N1CC[C@@H](N(C)C)C1. The molecule has 3 heterocycles. The number of aromatic nitrogens is 3. The molecule has 9 heteroatoms. The van der Waals surface area contributed by atoms with Crippen LogP contribution in [0.4, 0.5) is 23.0 Å². The molecule has 8 nitrogen and oxygen atoms in total. The lowest BCUT2D eigenvalue weighted by Crippen LogP contribution is -2.31. The molecule has 37 heavy (non-hydrogen) atoms. The van der Waals surface area contributed by atoms with Crippen molar-refractivity contribution in [1.29, 1.82) is 0 Å². The van der Waals surface area contributed by atoms with E-state index in [1.807, 2.05) is 31.3 Å². The van der Waals surface area contributed by atoms with Crippen LogP contribution in [0.2, 0.25) is 5.02 Å². The number of anilines is 4. The lowest BCUT2D eigenvalue weighted by molar-refractivity contribution is -0.114. The van der Waals surface area contributed by atoms with Crippen LogP contribution in [0.25, 0.3) is 22.2 Å². The summed E-state index contributed by atoms with van der Waals surface area (Å²) in [4.78, 5) is 25.8. The van der Waals surface area contributed by atoms with Gasteiger partial charge in [-0.3, -0.25) is 4.79 Å². The van der Waals surface area contributed by atoms with E-state index in [-0.39, 0.29) is 5.91 Å². The van der Waals surface area contributed by atoms with E-state index >= 15 is 0 Å². The Balaban J connectivity index is 1.47. The monoisotopic (exact) mass is 517 g/mol. The van der Waals surface area contributed by atoms with E-state index in [2.05, 4.69) is 69.3 Å². The van der Waals surface area contributed by atoms with E-state index in [0.717, 1.165) is 53.0 Å². The molecule has 2 aromatic carbocycles. The van der Waals surface area contributed by atoms with Gasteiger partial charge in [0.15, 0.2) is 0 Å². The van der Waals surface area contributed by atoms with Crippen LogP contribution in [0.15, 0.2) is 48.8 Å². The highest BCUT2D eigenvalue weighted by molar-refractivity contribution is 6.33. The molecule has 0 saturated carbocycles. The van der Waals surface area contributed by atoms with Crippen molar-refractivity contribution in [3.8, 4) is 11.3 Å². The minimum absolute atomic E-state index is 0.113. The van der Waals surface area contributed by atoms with Crippen LogP contribution >= 0.6 is 11.6 Å². The molecule has 1 aliphatic heterocycles. The second-order valence-electron chi connectivity index (χ2n) is 9.91. The Bertz CT molecular complexity index is 1480. The molecule has 192 valence electrons. The quantitative estimate of drug-likeness (QED) is 0.354. The van der Waals surface area contributed by atoms with Crippen molar-refractivity contribution in [1.82, 2.24) is 19.4 Å². The number of hydrogen-bond acceptors (Lipinski definition) is 6. The minimum atomic E-state index is -0.113. The molecule has 2 N–H and O–H groups in total. The number of hydrogen-bond donors (Lipinski definition) is 2. The van der Waals surface area contributed by atoms with Crippen molar-refractivity contribution in [2.24, 2.45) is 7.05 Å². The van der Waals surface area contributed by atoms with Gasteiger partial charge in [-0.15, -0.1) is 0 Å². The number of fused-ring (bicyclic) bond motifs is 1. The smallest absolute Gasteiger partial charge is 0.227 e. The maximum absolute atomic E-state index is 12.0. The van der Waals surface area contributed by atoms with Crippen LogP contribution in [0.3, 0.4) is 0 Å². The maximum Gasteiger partial charge on any atom is 0.227 e. The average molecular weight is 518 g/mol. The highest BCUT2D eigenvalue weighted by Gasteiger charge is 2.26. The molecule has 4 aromatic rings. The first kappa shape index (κ1) is 25.0. The molecule has 0 bridgehead atoms. The zero-order valence-corrected chi connectivity index (χ0v) is 22.6. The average Bonchev–Trinajstić information content (AvgIpc) is 3.46. The number of likely N-dealkylation sites (N-methyl/N-ethyl adjacent to an activating group) is 1. The molecule has 1 aliphatic rings. The standard InChI is InChI=1S/C28H32ClN7O/c1-17-7-6-8-21-22(16-35(5)27(17)21)26-23(29)14-30-28(33-26)32-19-9-10-25(24(13-19)31-18(2)37)36-12-11-20(15-36)34(3)4/h6-10,13-14,16,20H,11-12,15H2,1-5H3,(H,31,37)(H,30,32,33)/t20-/m1/s1. The number of aryl methyl sites for hydroxylation is 2. The van der Waals surface area contributed by atoms with Crippen molar-refractivity contribution in [3.05, 3.63) is 59.4 Å². The van der Waals surface area contributed by atoms with Gasteiger partial charge in [0.2, 0.25) is 11.9 Å². The van der Waals surface area contributed by atoms with Crippen molar-refractivity contribution < 1.29 is 4.79 Å². The highest BCUT2D eigenvalue weighted by Crippen LogP contribution is 2.36. The van der Waals surface area contributed by atoms with Gasteiger partial charge in [0.25, 0.3) is 0 Å². The van der Waals surface area contributed by atoms with Crippen molar-refractivity contribution >= 4 is 51.4 Å². The summed E-state index contributed by atoms with van der Waals surface area (Å²) in [5, 5.41) is 7.87. The van der Waals surface area contributed by atoms with E-state index in [9.17, 15) is 4.79 Å². The molecule has 0 spiro atoms. The normalized spacial score (nSPS) is 15.5. The predicted octanol–water partition coefficient (Wildman–Crippen LogP) is 5.44. The minimum Gasteiger partial charge on any atom is -0.368 e. The molecule has 2 aromatic heterocycles. The van der Waals surface area contributed by atoms with Gasteiger partial charge in [0, 0.05) is 55.9 Å². The summed E-state index contributed by atoms with van der Waals surface area (Å²) in [7, 11) is 6.24. The van der Waals surface area contributed by atoms with Gasteiger partial charge in [-0.2, -0.15) is 0 Å². The number of benzene rings is 2. The molecular formula is C28H32ClN7O. The van der Waals surface area contributed by atoms with Gasteiger partial charge in [-0.1, -0.05) is 29.8 Å². The van der Waals surface area contributed by atoms with Crippen LogP contribution in [-0.4, -0.2) is 58.6 Å². The first-order valence-corrected chi connectivity index (χ1v) is 12.8. The summed E-state index contributed by atoms with van der Waals surface area (Å²) >= 11 is 6.57. The van der Waals surface area contributed by atoms with E-state index in [4.69, 9.17) is 16.6 Å². The van der Waals surface area contributed by atoms with Gasteiger partial charge < -0.3 is 25.0 Å². The molecule has 0 radical (unpaired) electrons. The van der Waals surface area contributed by atoms with E-state index in [0.29, 0.717) is 22.7 Å². The van der Waals surface area contributed by atoms with E-state index < -0.39 is 0 Å². The number of carbonyl (C=O) groups is 1. The van der Waals surface area contributed by atoms with Crippen molar-refractivity contribution in [3.63, 3.8) is 0 Å². The Labute approximate surface area is 222 Å². The second kappa shape index (κ2) is 10.0. The zero-order chi connectivity index (χ0) is 26.3. The van der Waals surface area contributed by atoms with Crippen LogP contribution in [0, 0.1) is 6.92 Å². The number of nitrogens with zero attached hydrogens (tertiary/aromatic N) is 5. The Morgan fingerprint density at radius 2 is 2.03 bits per heavy atom. The predicted molar refractivity (Wildman–Crippen MR) is 152 cm³/mol. The summed E-state index contributed by atoms with van der Waals surface area (Å²) in [6, 6.07) is 12.7. The van der Waals surface area contributed by atoms with E-state index in [1.165, 1.54) is 12.5 Å². The molecule has 5 rings (SSSR count). The third kappa shape index (κ3) is 4.99. The number of halogens is 1. The summed E-state index contributed by atoms with van der Waals surface area (Å²) < 4.78 is 2.10. The number of nitrogens with one attached hydrogen (secondary N) is 2. The summed E-state index contributed by atoms with van der Waals surface area (Å²) in [6.45, 7) is 5.48. The van der Waals surface area contributed by atoms with Crippen molar-refractivity contribution in [2.75, 3.05) is 42.7 Å². The Hall–Kier alpha value is -3.62. The zero-order valence-electron chi connectivity index (χ0n) is 21.8. The Morgan fingerprint density at radius 3 is 2.76 bits per heavy atom. The van der Waals surface area contributed by atoms with Crippen LogP contribution in [0.1, 0.15) is 18.9 Å². The third-order valence-electron chi connectivity index (χ3n) is 7.00.